The monoisotopic (exact) mass is 470 g/mol. The second-order valence-electron chi connectivity index (χ2n) is 7.30. The van der Waals surface area contributed by atoms with Gasteiger partial charge in [-0.1, -0.05) is 24.3 Å². The number of ether oxygens (including phenoxy) is 3. The van der Waals surface area contributed by atoms with Crippen molar-refractivity contribution < 1.29 is 43.6 Å². The molecule has 0 saturated heterocycles. The van der Waals surface area contributed by atoms with Gasteiger partial charge in [0.05, 0.1) is 11.1 Å². The van der Waals surface area contributed by atoms with Gasteiger partial charge in [0.25, 0.3) is 6.73 Å². The van der Waals surface area contributed by atoms with E-state index in [0.29, 0.717) is 19.3 Å². The van der Waals surface area contributed by atoms with Gasteiger partial charge in [-0.05, 0) is 43.0 Å². The molecule has 0 aromatic heterocycles. The van der Waals surface area contributed by atoms with Gasteiger partial charge in [0.15, 0.2) is 5.69 Å². The van der Waals surface area contributed by atoms with Crippen LogP contribution in [0, 0.1) is 5.21 Å². The first kappa shape index (κ1) is 24.8. The van der Waals surface area contributed by atoms with Crippen LogP contribution in [0.15, 0.2) is 54.6 Å². The fourth-order valence-electron chi connectivity index (χ4n) is 3.29. The van der Waals surface area contributed by atoms with Gasteiger partial charge in [0.1, 0.15) is 18.8 Å². The lowest BCUT2D eigenvalue weighted by molar-refractivity contribution is -0.800. The van der Waals surface area contributed by atoms with Crippen molar-refractivity contribution in [3.63, 3.8) is 0 Å². The highest BCUT2D eigenvalue weighted by Gasteiger charge is 2.29. The van der Waals surface area contributed by atoms with Gasteiger partial charge in [0.2, 0.25) is 0 Å². The minimum atomic E-state index is -0.729. The normalized spacial score (nSPS) is 13.5. The molecule has 2 aromatic carbocycles. The minimum absolute atomic E-state index is 0.0674. The van der Waals surface area contributed by atoms with Gasteiger partial charge >= 0.3 is 23.9 Å². The van der Waals surface area contributed by atoms with Crippen LogP contribution in [0.2, 0.25) is 0 Å². The molecule has 1 aliphatic rings. The van der Waals surface area contributed by atoms with E-state index in [-0.39, 0.29) is 35.6 Å². The largest absolute Gasteiger partial charge is 0.623 e. The number of hydrogen-bond donors (Lipinski definition) is 1. The van der Waals surface area contributed by atoms with Crippen molar-refractivity contribution in [3.05, 3.63) is 82.1 Å². The second kappa shape index (κ2) is 11.8. The molecule has 1 unspecified atom stereocenters. The van der Waals surface area contributed by atoms with E-state index in [1.165, 1.54) is 18.2 Å². The smallest absolute Gasteiger partial charge is 0.346 e. The number of para-hydroxylation sites is 1. The molecule has 10 heteroatoms. The van der Waals surface area contributed by atoms with Crippen molar-refractivity contribution in [2.75, 3.05) is 19.9 Å². The number of benzene rings is 2. The third-order valence-corrected chi connectivity index (χ3v) is 4.97. The lowest BCUT2D eigenvalue weighted by Gasteiger charge is -2.18. The fourth-order valence-corrected chi connectivity index (χ4v) is 3.29. The van der Waals surface area contributed by atoms with Crippen molar-refractivity contribution in [1.82, 2.24) is 0 Å². The number of fused-ring (bicyclic) bond motifs is 1. The molecule has 0 bridgehead atoms. The fraction of sp³-hybridized carbons (Fsp3) is 0.250. The number of cyclic esters (lactones) is 2. The summed E-state index contributed by atoms with van der Waals surface area (Å²) < 4.78 is 14.6. The summed E-state index contributed by atoms with van der Waals surface area (Å²) in [6.45, 7) is -0.796. The third-order valence-electron chi connectivity index (χ3n) is 4.97. The number of nitrogens with one attached hydrogen (secondary N) is 1. The van der Waals surface area contributed by atoms with E-state index >= 15 is 0 Å². The van der Waals surface area contributed by atoms with Crippen LogP contribution < -0.4 is 5.06 Å². The van der Waals surface area contributed by atoms with Crippen LogP contribution in [0.4, 0.5) is 5.69 Å². The molecule has 3 N–H and O–H groups in total. The zero-order valence-corrected chi connectivity index (χ0v) is 18.2. The van der Waals surface area contributed by atoms with Gasteiger partial charge in [-0.2, -0.15) is 0 Å². The van der Waals surface area contributed by atoms with Crippen molar-refractivity contribution >= 4 is 29.6 Å². The summed E-state index contributed by atoms with van der Waals surface area (Å²) in [7, 11) is 0. The van der Waals surface area contributed by atoms with E-state index in [0.717, 1.165) is 5.56 Å². The van der Waals surface area contributed by atoms with Crippen LogP contribution in [0.25, 0.3) is 0 Å². The number of aryl methyl sites for hydroxylation is 1. The van der Waals surface area contributed by atoms with E-state index in [4.69, 9.17) is 14.6 Å². The average molecular weight is 470 g/mol. The van der Waals surface area contributed by atoms with Gasteiger partial charge in [-0.15, -0.1) is 0 Å². The molecule has 1 aliphatic heterocycles. The summed E-state index contributed by atoms with van der Waals surface area (Å²) >= 11 is 0. The second-order valence-corrected chi connectivity index (χ2v) is 7.30. The van der Waals surface area contributed by atoms with Crippen molar-refractivity contribution in [2.45, 2.75) is 19.3 Å². The van der Waals surface area contributed by atoms with E-state index in [1.54, 1.807) is 36.4 Å². The molecule has 1 atom stereocenters. The number of hydroxylamine groups is 1. The number of carbonyl (C=O) groups excluding carboxylic acids is 4. The lowest BCUT2D eigenvalue weighted by Crippen LogP contribution is -3.02. The van der Waals surface area contributed by atoms with Gasteiger partial charge in [-0.25, -0.2) is 19.2 Å². The van der Waals surface area contributed by atoms with Gasteiger partial charge in [0, 0.05) is 12.1 Å². The average Bonchev–Trinajstić information content (AvgIpc) is 3.13. The Morgan fingerprint density at radius 3 is 2.56 bits per heavy atom. The Morgan fingerprint density at radius 2 is 1.76 bits per heavy atom. The molecular formula is C24H24NO9+. The first-order valence-electron chi connectivity index (χ1n) is 10.6. The first-order chi connectivity index (χ1) is 16.4. The summed E-state index contributed by atoms with van der Waals surface area (Å²) in [5.41, 5.74) is 1.61. The first-order valence-corrected chi connectivity index (χ1v) is 10.6. The van der Waals surface area contributed by atoms with E-state index < -0.39 is 35.7 Å². The predicted octanol–water partition coefficient (Wildman–Crippen LogP) is 0.973. The Hall–Kier alpha value is -3.86. The Kier molecular flexibility index (Phi) is 8.63. The van der Waals surface area contributed by atoms with Crippen molar-refractivity contribution in [3.8, 4) is 0 Å². The molecule has 0 amide bonds. The lowest BCUT2D eigenvalue weighted by atomic mass is 10.0. The predicted molar refractivity (Wildman–Crippen MR) is 118 cm³/mol. The molecule has 0 radical (unpaired) electrons. The molecule has 0 spiro atoms. The van der Waals surface area contributed by atoms with Crippen LogP contribution >= 0.6 is 0 Å². The van der Waals surface area contributed by atoms with Crippen molar-refractivity contribution in [1.29, 1.82) is 0 Å². The summed E-state index contributed by atoms with van der Waals surface area (Å²) in [4.78, 5) is 47.0. The number of carbonyl (C=O) groups is 4. The highest BCUT2D eigenvalue weighted by atomic mass is 16.6. The molecule has 0 fully saturated rings. The Morgan fingerprint density at radius 1 is 1.03 bits per heavy atom. The van der Waals surface area contributed by atoms with Gasteiger partial charge in [-0.3, -0.25) is 5.06 Å². The highest BCUT2D eigenvalue weighted by Crippen LogP contribution is 2.22. The number of quaternary nitrogens is 1. The topological polar surface area (TPSA) is 146 Å². The van der Waals surface area contributed by atoms with E-state index in [2.05, 4.69) is 4.74 Å². The maximum atomic E-state index is 12.2. The summed E-state index contributed by atoms with van der Waals surface area (Å²) in [6.07, 6.45) is 4.88. The van der Waals surface area contributed by atoms with Crippen LogP contribution in [0.5, 0.6) is 0 Å². The molecule has 0 saturated carbocycles. The molecule has 2 aromatic rings. The van der Waals surface area contributed by atoms with Crippen molar-refractivity contribution in [2.24, 2.45) is 0 Å². The van der Waals surface area contributed by atoms with E-state index in [9.17, 15) is 24.4 Å². The zero-order valence-electron chi connectivity index (χ0n) is 18.2. The Bertz CT molecular complexity index is 1110. The number of esters is 4. The number of rotatable bonds is 11. The molecule has 10 nitrogen and oxygen atoms in total. The Labute approximate surface area is 194 Å². The molecule has 178 valence electrons. The maximum Gasteiger partial charge on any atom is 0.346 e. The van der Waals surface area contributed by atoms with Crippen LogP contribution in [-0.4, -0.2) is 48.9 Å². The summed E-state index contributed by atoms with van der Waals surface area (Å²) in [5.74, 6) is -2.58. The van der Waals surface area contributed by atoms with Crippen LogP contribution in [0.3, 0.4) is 0 Å². The Balaban J connectivity index is 1.34. The quantitative estimate of drug-likeness (QED) is 0.0747. The van der Waals surface area contributed by atoms with Crippen LogP contribution in [-0.2, 0) is 25.4 Å². The SMILES string of the molecule is O=C(/C=C/CCCc1ccc2c(c1)C(=O)OC2=O)OCCOC(=O)c1ccccc1[NH+]([O-])C[OH2+]. The zero-order chi connectivity index (χ0) is 24.5. The summed E-state index contributed by atoms with van der Waals surface area (Å²) in [5, 5.41) is 18.4. The standard InChI is InChI=1S/C24H23NO9/c26-15-25(31)20-8-5-4-7-18(20)22(28)33-13-12-32-21(27)9-3-1-2-6-16-10-11-17-19(14-16)24(30)34-23(17)29/h3-5,7-11,14,25-26H,1-2,6,12-13,15H2/p+1/b9-3+. The minimum Gasteiger partial charge on any atom is -0.623 e. The number of hydrogen-bond acceptors (Lipinski definition) is 8. The number of unbranched alkanes of at least 4 members (excludes halogenated alkanes) is 1. The summed E-state index contributed by atoms with van der Waals surface area (Å²) in [6, 6.07) is 11.1. The number of allylic oxidation sites excluding steroid dienone is 1. The maximum absolute atomic E-state index is 12.2. The molecule has 0 aliphatic carbocycles. The molecule has 1 heterocycles. The van der Waals surface area contributed by atoms with Crippen LogP contribution in [0.1, 0.15) is 49.5 Å². The molecule has 34 heavy (non-hydrogen) atoms. The third kappa shape index (κ3) is 6.35. The van der Waals surface area contributed by atoms with Gasteiger partial charge < -0.3 is 24.5 Å². The van der Waals surface area contributed by atoms with E-state index in [1.807, 2.05) is 0 Å². The highest BCUT2D eigenvalue weighted by molar-refractivity contribution is 6.14. The molecule has 3 rings (SSSR count). The molecular weight excluding hydrogens is 446 g/mol.